The van der Waals surface area contributed by atoms with E-state index in [9.17, 15) is 9.90 Å². The quantitative estimate of drug-likeness (QED) is 0.920. The average Bonchev–Trinajstić information content (AvgIpc) is 2.87. The van der Waals surface area contributed by atoms with Crippen LogP contribution in [0.15, 0.2) is 23.8 Å². The second-order valence-corrected chi connectivity index (χ2v) is 5.95. The van der Waals surface area contributed by atoms with Gasteiger partial charge in [-0.1, -0.05) is 32.0 Å². The number of aliphatic carboxylic acids is 1. The first-order chi connectivity index (χ1) is 10.1. The van der Waals surface area contributed by atoms with Crippen LogP contribution in [-0.2, 0) is 22.4 Å². The van der Waals surface area contributed by atoms with Gasteiger partial charge < -0.3 is 9.84 Å². The van der Waals surface area contributed by atoms with Gasteiger partial charge in [0.05, 0.1) is 13.0 Å². The Morgan fingerprint density at radius 3 is 2.86 bits per heavy atom. The maximum atomic E-state index is 11.3. The fourth-order valence-corrected chi connectivity index (χ4v) is 3.90. The molecule has 0 spiro atoms. The molecule has 1 atom stereocenters. The molecule has 1 heterocycles. The number of ether oxygens (including phenoxy) is 1. The normalized spacial score (nSPS) is 23.9. The molecule has 0 saturated heterocycles. The van der Waals surface area contributed by atoms with Gasteiger partial charge in [-0.2, -0.15) is 0 Å². The maximum absolute atomic E-state index is 11.3. The molecule has 1 aliphatic heterocycles. The van der Waals surface area contributed by atoms with Crippen LogP contribution in [0, 0.1) is 0 Å². The Morgan fingerprint density at radius 1 is 1.38 bits per heavy atom. The van der Waals surface area contributed by atoms with E-state index in [0.29, 0.717) is 13.0 Å². The lowest BCUT2D eigenvalue weighted by Crippen LogP contribution is -2.40. The van der Waals surface area contributed by atoms with Gasteiger partial charge in [0.15, 0.2) is 0 Å². The van der Waals surface area contributed by atoms with Crippen LogP contribution in [0.3, 0.4) is 0 Å². The molecular formula is C18H22O3. The van der Waals surface area contributed by atoms with Crippen LogP contribution in [-0.4, -0.2) is 23.3 Å². The summed E-state index contributed by atoms with van der Waals surface area (Å²) in [5, 5.41) is 9.30. The molecule has 3 nitrogen and oxygen atoms in total. The van der Waals surface area contributed by atoms with Crippen LogP contribution in [0.1, 0.15) is 49.8 Å². The zero-order chi connectivity index (χ0) is 15.0. The molecule has 3 rings (SSSR count). The molecule has 1 aromatic carbocycles. The summed E-state index contributed by atoms with van der Waals surface area (Å²) in [5.74, 6) is -0.780. The van der Waals surface area contributed by atoms with Crippen molar-refractivity contribution in [1.82, 2.24) is 0 Å². The second-order valence-electron chi connectivity index (χ2n) is 5.95. The molecule has 0 saturated carbocycles. The van der Waals surface area contributed by atoms with E-state index < -0.39 is 11.6 Å². The largest absolute Gasteiger partial charge is 0.481 e. The van der Waals surface area contributed by atoms with Gasteiger partial charge in [0.2, 0.25) is 0 Å². The van der Waals surface area contributed by atoms with Crippen LogP contribution in [0.25, 0.3) is 5.57 Å². The second kappa shape index (κ2) is 5.30. The molecule has 0 bridgehead atoms. The van der Waals surface area contributed by atoms with Crippen molar-refractivity contribution in [2.45, 2.75) is 51.6 Å². The molecule has 1 aliphatic carbocycles. The first-order valence-electron chi connectivity index (χ1n) is 7.80. The van der Waals surface area contributed by atoms with Crippen molar-refractivity contribution in [3.05, 3.63) is 40.5 Å². The monoisotopic (exact) mass is 286 g/mol. The molecular weight excluding hydrogens is 264 g/mol. The van der Waals surface area contributed by atoms with E-state index in [0.717, 1.165) is 19.3 Å². The van der Waals surface area contributed by atoms with Crippen molar-refractivity contribution < 1.29 is 14.6 Å². The van der Waals surface area contributed by atoms with Gasteiger partial charge in [-0.05, 0) is 53.5 Å². The van der Waals surface area contributed by atoms with E-state index in [1.165, 1.54) is 27.8 Å². The summed E-state index contributed by atoms with van der Waals surface area (Å²) in [7, 11) is 0. The number of fused-ring (bicyclic) bond motifs is 2. The maximum Gasteiger partial charge on any atom is 0.306 e. The van der Waals surface area contributed by atoms with Crippen LogP contribution in [0.4, 0.5) is 0 Å². The third-order valence-electron chi connectivity index (χ3n) is 4.99. The van der Waals surface area contributed by atoms with E-state index >= 15 is 0 Å². The number of carboxylic acid groups (broad SMARTS) is 1. The number of hydrogen-bond acceptors (Lipinski definition) is 2. The summed E-state index contributed by atoms with van der Waals surface area (Å²) in [4.78, 5) is 11.3. The Labute approximate surface area is 125 Å². The Kier molecular flexibility index (Phi) is 3.62. The Morgan fingerprint density at radius 2 is 2.19 bits per heavy atom. The summed E-state index contributed by atoms with van der Waals surface area (Å²) in [6, 6.07) is 6.49. The van der Waals surface area contributed by atoms with Gasteiger partial charge in [-0.3, -0.25) is 4.79 Å². The third kappa shape index (κ3) is 2.20. The van der Waals surface area contributed by atoms with E-state index in [1.807, 2.05) is 6.92 Å². The third-order valence-corrected chi connectivity index (χ3v) is 4.99. The van der Waals surface area contributed by atoms with Crippen molar-refractivity contribution in [1.29, 1.82) is 0 Å². The molecule has 2 aliphatic rings. The number of carboxylic acids is 1. The highest BCUT2D eigenvalue weighted by atomic mass is 16.5. The fraction of sp³-hybridized carbons (Fsp3) is 0.500. The molecule has 1 aromatic rings. The topological polar surface area (TPSA) is 46.5 Å². The minimum absolute atomic E-state index is 0.0672. The van der Waals surface area contributed by atoms with Crippen LogP contribution in [0.5, 0.6) is 0 Å². The number of hydrogen-bond donors (Lipinski definition) is 1. The number of aryl methyl sites for hydroxylation is 1. The first kappa shape index (κ1) is 14.3. The molecule has 0 radical (unpaired) electrons. The lowest BCUT2D eigenvalue weighted by Gasteiger charge is -2.37. The van der Waals surface area contributed by atoms with Crippen molar-refractivity contribution in [3.63, 3.8) is 0 Å². The Balaban J connectivity index is 2.09. The molecule has 0 aromatic heterocycles. The van der Waals surface area contributed by atoms with Crippen LogP contribution >= 0.6 is 0 Å². The van der Waals surface area contributed by atoms with Crippen molar-refractivity contribution in [3.8, 4) is 0 Å². The lowest BCUT2D eigenvalue weighted by molar-refractivity contribution is -0.144. The summed E-state index contributed by atoms with van der Waals surface area (Å²) < 4.78 is 6.01. The molecule has 0 fully saturated rings. The molecule has 0 amide bonds. The summed E-state index contributed by atoms with van der Waals surface area (Å²) in [6.07, 6.45) is 3.56. The SMILES string of the molecule is CCc1cccc2c1CC1=C2CCOC1(CC)CC(=O)O. The van der Waals surface area contributed by atoms with Gasteiger partial charge >= 0.3 is 5.97 Å². The van der Waals surface area contributed by atoms with Gasteiger partial charge in [0.1, 0.15) is 5.60 Å². The van der Waals surface area contributed by atoms with Crippen molar-refractivity contribution in [2.75, 3.05) is 6.61 Å². The fourth-order valence-electron chi connectivity index (χ4n) is 3.90. The van der Waals surface area contributed by atoms with Gasteiger partial charge in [-0.25, -0.2) is 0 Å². The highest BCUT2D eigenvalue weighted by Crippen LogP contribution is 2.48. The predicted molar refractivity (Wildman–Crippen MR) is 82.3 cm³/mol. The minimum atomic E-state index is -0.780. The molecule has 112 valence electrons. The summed E-state index contributed by atoms with van der Waals surface area (Å²) >= 11 is 0. The number of rotatable bonds is 4. The smallest absolute Gasteiger partial charge is 0.306 e. The Bertz CT molecular complexity index is 615. The number of benzene rings is 1. The van der Waals surface area contributed by atoms with Crippen molar-refractivity contribution in [2.24, 2.45) is 0 Å². The lowest BCUT2D eigenvalue weighted by atomic mass is 9.81. The molecule has 3 heteroatoms. The highest BCUT2D eigenvalue weighted by Gasteiger charge is 2.43. The zero-order valence-corrected chi connectivity index (χ0v) is 12.7. The zero-order valence-electron chi connectivity index (χ0n) is 12.7. The van der Waals surface area contributed by atoms with Gasteiger partial charge in [-0.15, -0.1) is 0 Å². The molecule has 1 unspecified atom stereocenters. The standard InChI is InChI=1S/C18H22O3/c1-3-12-6-5-7-13-14-8-9-21-18(4-2,11-17(19)20)16(14)10-15(12)13/h5-7H,3-4,8-11H2,1-2H3,(H,19,20). The Hall–Kier alpha value is -1.61. The van der Waals surface area contributed by atoms with E-state index in [1.54, 1.807) is 0 Å². The minimum Gasteiger partial charge on any atom is -0.481 e. The summed E-state index contributed by atoms with van der Waals surface area (Å²) in [5.41, 5.74) is 6.05. The highest BCUT2D eigenvalue weighted by molar-refractivity contribution is 5.81. The molecule has 21 heavy (non-hydrogen) atoms. The first-order valence-corrected chi connectivity index (χ1v) is 7.80. The van der Waals surface area contributed by atoms with E-state index in [4.69, 9.17) is 4.74 Å². The predicted octanol–water partition coefficient (Wildman–Crippen LogP) is 3.60. The number of carbonyl (C=O) groups is 1. The van der Waals surface area contributed by atoms with Crippen LogP contribution in [0.2, 0.25) is 0 Å². The van der Waals surface area contributed by atoms with Gasteiger partial charge in [0, 0.05) is 0 Å². The van der Waals surface area contributed by atoms with Crippen molar-refractivity contribution >= 4 is 11.5 Å². The summed E-state index contributed by atoms with van der Waals surface area (Å²) in [6.45, 7) is 4.83. The van der Waals surface area contributed by atoms with Crippen LogP contribution < -0.4 is 0 Å². The van der Waals surface area contributed by atoms with E-state index in [-0.39, 0.29) is 6.42 Å². The average molecular weight is 286 g/mol. The molecule has 1 N–H and O–H groups in total. The van der Waals surface area contributed by atoms with E-state index in [2.05, 4.69) is 25.1 Å². The van der Waals surface area contributed by atoms with Gasteiger partial charge in [0.25, 0.3) is 0 Å².